The number of aromatic carboxylic acids is 1. The highest BCUT2D eigenvalue weighted by molar-refractivity contribution is 5.95. The molecule has 6 nitrogen and oxygen atoms in total. The molecule has 0 unspecified atom stereocenters. The standard InChI is InChI=1S/C26H18N4O2/c27-15-18-2-1-3-19(12-18)16-30-24(13-21-4-5-22(26(31)32)14-25(21)30)20-6-8-23(9-7-20)29-11-10-28-17-29/h1-14,17H,16H2,(H,31,32). The van der Waals surface area contributed by atoms with Crippen molar-refractivity contribution in [3.63, 3.8) is 0 Å². The summed E-state index contributed by atoms with van der Waals surface area (Å²) < 4.78 is 4.04. The van der Waals surface area contributed by atoms with Crippen molar-refractivity contribution in [2.24, 2.45) is 0 Å². The highest BCUT2D eigenvalue weighted by Crippen LogP contribution is 2.31. The average molecular weight is 418 g/mol. The molecule has 0 aliphatic rings. The van der Waals surface area contributed by atoms with Crippen LogP contribution >= 0.6 is 0 Å². The zero-order valence-corrected chi connectivity index (χ0v) is 17.0. The Bertz CT molecular complexity index is 1470. The van der Waals surface area contributed by atoms with Crippen molar-refractivity contribution >= 4 is 16.9 Å². The maximum Gasteiger partial charge on any atom is 0.335 e. The molecule has 5 rings (SSSR count). The number of carboxylic acids is 1. The highest BCUT2D eigenvalue weighted by atomic mass is 16.4. The number of fused-ring (bicyclic) bond motifs is 1. The first-order valence-electron chi connectivity index (χ1n) is 10.1. The molecule has 0 fully saturated rings. The van der Waals surface area contributed by atoms with Crippen LogP contribution in [-0.4, -0.2) is 25.2 Å². The van der Waals surface area contributed by atoms with Crippen LogP contribution in [0.25, 0.3) is 27.8 Å². The second-order valence-electron chi connectivity index (χ2n) is 7.52. The summed E-state index contributed by atoms with van der Waals surface area (Å²) in [4.78, 5) is 15.7. The molecule has 0 aliphatic heterocycles. The van der Waals surface area contributed by atoms with E-state index in [1.807, 2.05) is 59.3 Å². The largest absolute Gasteiger partial charge is 0.478 e. The van der Waals surface area contributed by atoms with Crippen molar-refractivity contribution in [3.05, 3.63) is 108 Å². The van der Waals surface area contributed by atoms with Crippen molar-refractivity contribution < 1.29 is 9.90 Å². The van der Waals surface area contributed by atoms with E-state index < -0.39 is 5.97 Å². The minimum absolute atomic E-state index is 0.240. The molecule has 0 amide bonds. The van der Waals surface area contributed by atoms with E-state index in [9.17, 15) is 15.2 Å². The van der Waals surface area contributed by atoms with Crippen LogP contribution in [0.4, 0.5) is 0 Å². The Morgan fingerprint density at radius 2 is 1.88 bits per heavy atom. The smallest absolute Gasteiger partial charge is 0.335 e. The third-order valence-electron chi connectivity index (χ3n) is 5.51. The zero-order valence-electron chi connectivity index (χ0n) is 17.0. The normalized spacial score (nSPS) is 10.8. The van der Waals surface area contributed by atoms with Gasteiger partial charge in [-0.15, -0.1) is 0 Å². The van der Waals surface area contributed by atoms with Crippen molar-refractivity contribution in [1.82, 2.24) is 14.1 Å². The summed E-state index contributed by atoms with van der Waals surface area (Å²) in [6.45, 7) is 0.515. The molecular formula is C26H18N4O2. The molecule has 3 aromatic carbocycles. The molecule has 0 spiro atoms. The van der Waals surface area contributed by atoms with E-state index in [2.05, 4.69) is 21.7 Å². The second-order valence-corrected chi connectivity index (χ2v) is 7.52. The quantitative estimate of drug-likeness (QED) is 0.430. The monoisotopic (exact) mass is 418 g/mol. The summed E-state index contributed by atoms with van der Waals surface area (Å²) in [6.07, 6.45) is 5.38. The first-order chi connectivity index (χ1) is 15.6. The van der Waals surface area contributed by atoms with Crippen LogP contribution in [0.2, 0.25) is 0 Å². The molecule has 1 N–H and O–H groups in total. The van der Waals surface area contributed by atoms with Crippen LogP contribution < -0.4 is 0 Å². The van der Waals surface area contributed by atoms with Gasteiger partial charge in [0, 0.05) is 41.2 Å². The van der Waals surface area contributed by atoms with Gasteiger partial charge in [-0.25, -0.2) is 9.78 Å². The van der Waals surface area contributed by atoms with Crippen LogP contribution in [0.5, 0.6) is 0 Å². The van der Waals surface area contributed by atoms with Crippen molar-refractivity contribution in [1.29, 1.82) is 5.26 Å². The number of benzene rings is 3. The lowest BCUT2D eigenvalue weighted by molar-refractivity contribution is 0.0697. The number of carboxylic acid groups (broad SMARTS) is 1. The highest BCUT2D eigenvalue weighted by Gasteiger charge is 2.14. The van der Waals surface area contributed by atoms with E-state index in [0.717, 1.165) is 33.4 Å². The van der Waals surface area contributed by atoms with Gasteiger partial charge >= 0.3 is 5.97 Å². The fourth-order valence-electron chi connectivity index (χ4n) is 3.93. The van der Waals surface area contributed by atoms with Crippen molar-refractivity contribution in [2.45, 2.75) is 6.54 Å². The Balaban J connectivity index is 1.65. The maximum absolute atomic E-state index is 11.6. The Kier molecular flexibility index (Phi) is 4.77. The summed E-state index contributed by atoms with van der Waals surface area (Å²) in [6, 6.07) is 25.0. The number of carbonyl (C=O) groups is 1. The van der Waals surface area contributed by atoms with Crippen molar-refractivity contribution in [2.75, 3.05) is 0 Å². The molecule has 0 saturated heterocycles. The molecule has 6 heteroatoms. The first-order valence-corrected chi connectivity index (χ1v) is 10.1. The van der Waals surface area contributed by atoms with Gasteiger partial charge in [-0.05, 0) is 53.6 Å². The van der Waals surface area contributed by atoms with E-state index in [4.69, 9.17) is 0 Å². The van der Waals surface area contributed by atoms with Gasteiger partial charge in [-0.2, -0.15) is 5.26 Å². The predicted octanol–water partition coefficient (Wildman–Crippen LogP) is 5.11. The molecule has 0 atom stereocenters. The third kappa shape index (κ3) is 3.53. The van der Waals surface area contributed by atoms with E-state index in [-0.39, 0.29) is 5.56 Å². The topological polar surface area (TPSA) is 83.8 Å². The summed E-state index contributed by atoms with van der Waals surface area (Å²) >= 11 is 0. The number of aromatic nitrogens is 3. The van der Waals surface area contributed by atoms with E-state index in [1.54, 1.807) is 30.7 Å². The van der Waals surface area contributed by atoms with Gasteiger partial charge in [-0.1, -0.05) is 30.3 Å². The molecule has 2 heterocycles. The van der Waals surface area contributed by atoms with E-state index >= 15 is 0 Å². The number of hydrogen-bond donors (Lipinski definition) is 1. The van der Waals surface area contributed by atoms with Crippen LogP contribution in [0.1, 0.15) is 21.5 Å². The molecule has 32 heavy (non-hydrogen) atoms. The van der Waals surface area contributed by atoms with Crippen LogP contribution in [-0.2, 0) is 6.54 Å². The van der Waals surface area contributed by atoms with Gasteiger partial charge in [0.1, 0.15) is 0 Å². The number of nitrogens with zero attached hydrogens (tertiary/aromatic N) is 4. The van der Waals surface area contributed by atoms with Crippen LogP contribution in [0.3, 0.4) is 0 Å². The molecule has 5 aromatic rings. The van der Waals surface area contributed by atoms with Gasteiger partial charge < -0.3 is 14.2 Å². The Labute approximate surface area is 184 Å². The fourth-order valence-corrected chi connectivity index (χ4v) is 3.93. The van der Waals surface area contributed by atoms with Gasteiger partial charge in [0.25, 0.3) is 0 Å². The second kappa shape index (κ2) is 7.89. The first kappa shape index (κ1) is 19.3. The maximum atomic E-state index is 11.6. The Morgan fingerprint density at radius 3 is 2.59 bits per heavy atom. The Morgan fingerprint density at radius 1 is 1.03 bits per heavy atom. The molecular weight excluding hydrogens is 400 g/mol. The molecule has 0 saturated carbocycles. The third-order valence-corrected chi connectivity index (χ3v) is 5.51. The fraction of sp³-hybridized carbons (Fsp3) is 0.0385. The Hall–Kier alpha value is -4.63. The molecule has 0 aliphatic carbocycles. The number of rotatable bonds is 5. The molecule has 0 radical (unpaired) electrons. The molecule has 154 valence electrons. The van der Waals surface area contributed by atoms with E-state index in [1.165, 1.54) is 0 Å². The lowest BCUT2D eigenvalue weighted by atomic mass is 10.1. The molecule has 2 aromatic heterocycles. The minimum atomic E-state index is -0.961. The summed E-state index contributed by atoms with van der Waals surface area (Å²) in [5, 5.41) is 19.7. The van der Waals surface area contributed by atoms with Gasteiger partial charge in [0.05, 0.1) is 23.5 Å². The predicted molar refractivity (Wildman–Crippen MR) is 122 cm³/mol. The number of imidazole rings is 1. The van der Waals surface area contributed by atoms with Gasteiger partial charge in [0.2, 0.25) is 0 Å². The lowest BCUT2D eigenvalue weighted by Gasteiger charge is -2.13. The molecule has 0 bridgehead atoms. The van der Waals surface area contributed by atoms with Gasteiger partial charge in [-0.3, -0.25) is 0 Å². The summed E-state index contributed by atoms with van der Waals surface area (Å²) in [5.41, 5.74) is 5.63. The summed E-state index contributed by atoms with van der Waals surface area (Å²) in [7, 11) is 0. The van der Waals surface area contributed by atoms with Crippen LogP contribution in [0.15, 0.2) is 91.5 Å². The SMILES string of the molecule is N#Cc1cccc(Cn2c(-c3ccc(-n4ccnc4)cc3)cc3ccc(C(=O)O)cc32)c1. The average Bonchev–Trinajstić information content (AvgIpc) is 3.48. The lowest BCUT2D eigenvalue weighted by Crippen LogP contribution is -2.03. The minimum Gasteiger partial charge on any atom is -0.478 e. The van der Waals surface area contributed by atoms with Crippen molar-refractivity contribution in [3.8, 4) is 23.0 Å². The zero-order chi connectivity index (χ0) is 22.1. The summed E-state index contributed by atoms with van der Waals surface area (Å²) in [5.74, 6) is -0.961. The van der Waals surface area contributed by atoms with E-state index in [0.29, 0.717) is 12.1 Å². The van der Waals surface area contributed by atoms with Gasteiger partial charge in [0.15, 0.2) is 0 Å². The number of nitriles is 1. The van der Waals surface area contributed by atoms with Crippen LogP contribution in [0, 0.1) is 11.3 Å². The number of hydrogen-bond acceptors (Lipinski definition) is 3.